The van der Waals surface area contributed by atoms with Gasteiger partial charge in [0, 0.05) is 0 Å². The molecule has 0 bridgehead atoms. The molecule has 1 unspecified atom stereocenters. The van der Waals surface area contributed by atoms with Crippen LogP contribution in [0.15, 0.2) is 30.3 Å². The Balaban J connectivity index is 2.12. The third-order valence-electron chi connectivity index (χ3n) is 6.06. The number of nitrogens with zero attached hydrogens (tertiary/aromatic N) is 1. The molecule has 1 heteroatoms. The average Bonchev–Trinajstić information content (AvgIpc) is 2.67. The summed E-state index contributed by atoms with van der Waals surface area (Å²) in [7, 11) is 6.92. The van der Waals surface area contributed by atoms with Crippen molar-refractivity contribution in [1.29, 1.82) is 0 Å². The Kier molecular flexibility index (Phi) is 14.4. The first-order chi connectivity index (χ1) is 13.5. The number of unbranched alkanes of at least 4 members (excludes halogenated alkanes) is 11. The van der Waals surface area contributed by atoms with E-state index in [4.69, 9.17) is 0 Å². The van der Waals surface area contributed by atoms with Crippen molar-refractivity contribution in [2.24, 2.45) is 0 Å². The zero-order chi connectivity index (χ0) is 20.5. The van der Waals surface area contributed by atoms with Crippen molar-refractivity contribution in [1.82, 2.24) is 0 Å². The first-order valence-corrected chi connectivity index (χ1v) is 12.4. The number of hydrogen-bond donors (Lipinski definition) is 0. The molecular weight excluding hydrogens is 338 g/mol. The average molecular weight is 389 g/mol. The van der Waals surface area contributed by atoms with Gasteiger partial charge in [-0.1, -0.05) is 114 Å². The molecule has 1 aromatic carbocycles. The molecule has 0 radical (unpaired) electrons. The SMILES string of the molecule is CCCCCCCCCCCCCCC(CCC[N+](C)(C)C)c1ccccc1. The normalized spacial score (nSPS) is 13.0. The van der Waals surface area contributed by atoms with Gasteiger partial charge >= 0.3 is 0 Å². The van der Waals surface area contributed by atoms with Crippen LogP contribution in [0, 0.1) is 0 Å². The highest BCUT2D eigenvalue weighted by molar-refractivity contribution is 5.19. The smallest absolute Gasteiger partial charge is 0.0780 e. The summed E-state index contributed by atoms with van der Waals surface area (Å²) in [5.41, 5.74) is 1.56. The van der Waals surface area contributed by atoms with E-state index in [1.807, 2.05) is 0 Å². The maximum atomic E-state index is 2.34. The van der Waals surface area contributed by atoms with Gasteiger partial charge in [0.2, 0.25) is 0 Å². The van der Waals surface area contributed by atoms with Crippen LogP contribution < -0.4 is 0 Å². The van der Waals surface area contributed by atoms with Crippen LogP contribution in [0.2, 0.25) is 0 Å². The predicted octanol–water partition coefficient (Wildman–Crippen LogP) is 8.35. The Morgan fingerprint density at radius 2 is 1.07 bits per heavy atom. The van der Waals surface area contributed by atoms with E-state index in [9.17, 15) is 0 Å². The highest BCUT2D eigenvalue weighted by atomic mass is 15.3. The standard InChI is InChI=1S/C27H50N/c1-5-6-7-8-9-10-11-12-13-14-15-17-21-27(24-20-25-28(2,3)4)26-22-18-16-19-23-26/h16,18-19,22-23,27H,5-15,17,20-21,24-25H2,1-4H3/q+1. The van der Waals surface area contributed by atoms with E-state index in [-0.39, 0.29) is 0 Å². The summed E-state index contributed by atoms with van der Waals surface area (Å²) < 4.78 is 1.08. The van der Waals surface area contributed by atoms with Gasteiger partial charge in [-0.15, -0.1) is 0 Å². The molecule has 162 valence electrons. The topological polar surface area (TPSA) is 0 Å². The fraction of sp³-hybridized carbons (Fsp3) is 0.778. The molecule has 0 fully saturated rings. The Morgan fingerprint density at radius 3 is 1.57 bits per heavy atom. The van der Waals surface area contributed by atoms with Crippen molar-refractivity contribution in [2.75, 3.05) is 27.7 Å². The van der Waals surface area contributed by atoms with Gasteiger partial charge in [-0.05, 0) is 30.7 Å². The van der Waals surface area contributed by atoms with E-state index in [0.717, 1.165) is 10.4 Å². The lowest BCUT2D eigenvalue weighted by molar-refractivity contribution is -0.870. The maximum absolute atomic E-state index is 2.34. The fourth-order valence-corrected chi connectivity index (χ4v) is 4.25. The summed E-state index contributed by atoms with van der Waals surface area (Å²) in [5.74, 6) is 0.760. The zero-order valence-electron chi connectivity index (χ0n) is 19.7. The van der Waals surface area contributed by atoms with E-state index < -0.39 is 0 Å². The number of benzene rings is 1. The van der Waals surface area contributed by atoms with Gasteiger partial charge in [-0.3, -0.25) is 0 Å². The van der Waals surface area contributed by atoms with Crippen LogP contribution in [0.4, 0.5) is 0 Å². The van der Waals surface area contributed by atoms with Crippen molar-refractivity contribution in [2.45, 2.75) is 109 Å². The van der Waals surface area contributed by atoms with Crippen LogP contribution in [-0.4, -0.2) is 32.2 Å². The molecular formula is C27H50N+. The van der Waals surface area contributed by atoms with Crippen LogP contribution in [0.3, 0.4) is 0 Å². The van der Waals surface area contributed by atoms with Crippen molar-refractivity contribution in [3.8, 4) is 0 Å². The molecule has 0 amide bonds. The molecule has 0 aromatic heterocycles. The van der Waals surface area contributed by atoms with Gasteiger partial charge in [-0.25, -0.2) is 0 Å². The van der Waals surface area contributed by atoms with E-state index in [2.05, 4.69) is 58.4 Å². The van der Waals surface area contributed by atoms with Crippen LogP contribution in [0.5, 0.6) is 0 Å². The van der Waals surface area contributed by atoms with Crippen LogP contribution >= 0.6 is 0 Å². The van der Waals surface area contributed by atoms with Crippen molar-refractivity contribution >= 4 is 0 Å². The van der Waals surface area contributed by atoms with E-state index >= 15 is 0 Å². The minimum absolute atomic E-state index is 0.760. The number of hydrogen-bond acceptors (Lipinski definition) is 0. The monoisotopic (exact) mass is 388 g/mol. The first kappa shape index (κ1) is 25.2. The van der Waals surface area contributed by atoms with Crippen molar-refractivity contribution < 1.29 is 4.48 Å². The molecule has 0 aliphatic carbocycles. The largest absolute Gasteiger partial charge is 0.331 e. The lowest BCUT2D eigenvalue weighted by Gasteiger charge is -2.25. The molecule has 0 heterocycles. The number of quaternary nitrogens is 1. The molecule has 1 rings (SSSR count). The summed E-state index contributed by atoms with van der Waals surface area (Å²) in [5, 5.41) is 0. The lowest BCUT2D eigenvalue weighted by atomic mass is 9.89. The van der Waals surface area contributed by atoms with Gasteiger partial charge < -0.3 is 4.48 Å². The molecule has 1 atom stereocenters. The van der Waals surface area contributed by atoms with Crippen LogP contribution in [0.1, 0.15) is 115 Å². The highest BCUT2D eigenvalue weighted by Gasteiger charge is 2.14. The third kappa shape index (κ3) is 14.2. The second kappa shape index (κ2) is 16.0. The predicted molar refractivity (Wildman–Crippen MR) is 127 cm³/mol. The van der Waals surface area contributed by atoms with Gasteiger partial charge in [0.15, 0.2) is 0 Å². The molecule has 0 aliphatic heterocycles. The first-order valence-electron chi connectivity index (χ1n) is 12.4. The second-order valence-corrected chi connectivity index (χ2v) is 9.94. The van der Waals surface area contributed by atoms with E-state index in [0.29, 0.717) is 0 Å². The molecule has 0 spiro atoms. The van der Waals surface area contributed by atoms with Gasteiger partial charge in [0.1, 0.15) is 0 Å². The molecule has 1 nitrogen and oxygen atoms in total. The molecule has 0 aliphatic rings. The summed E-state index contributed by atoms with van der Waals surface area (Å²) >= 11 is 0. The van der Waals surface area contributed by atoms with Crippen molar-refractivity contribution in [3.63, 3.8) is 0 Å². The highest BCUT2D eigenvalue weighted by Crippen LogP contribution is 2.28. The van der Waals surface area contributed by atoms with Crippen LogP contribution in [-0.2, 0) is 0 Å². The Labute approximate surface area is 177 Å². The van der Waals surface area contributed by atoms with Gasteiger partial charge in [0.25, 0.3) is 0 Å². The second-order valence-electron chi connectivity index (χ2n) is 9.94. The summed E-state index contributed by atoms with van der Waals surface area (Å²) in [6, 6.07) is 11.3. The molecule has 0 N–H and O–H groups in total. The van der Waals surface area contributed by atoms with Gasteiger partial charge in [0.05, 0.1) is 27.7 Å². The summed E-state index contributed by atoms with van der Waals surface area (Å²) in [4.78, 5) is 0. The maximum Gasteiger partial charge on any atom is 0.0780 e. The lowest BCUT2D eigenvalue weighted by Crippen LogP contribution is -2.35. The minimum Gasteiger partial charge on any atom is -0.331 e. The van der Waals surface area contributed by atoms with Crippen LogP contribution in [0.25, 0.3) is 0 Å². The summed E-state index contributed by atoms with van der Waals surface area (Å²) in [6.45, 7) is 3.58. The van der Waals surface area contributed by atoms with E-state index in [1.165, 1.54) is 103 Å². The number of rotatable bonds is 18. The zero-order valence-corrected chi connectivity index (χ0v) is 19.7. The molecule has 28 heavy (non-hydrogen) atoms. The fourth-order valence-electron chi connectivity index (χ4n) is 4.25. The van der Waals surface area contributed by atoms with E-state index in [1.54, 1.807) is 5.56 Å². The Bertz CT molecular complexity index is 445. The molecule has 0 saturated carbocycles. The quantitative estimate of drug-likeness (QED) is 0.175. The molecule has 0 saturated heterocycles. The Morgan fingerprint density at radius 1 is 0.607 bits per heavy atom. The third-order valence-corrected chi connectivity index (χ3v) is 6.06. The minimum atomic E-state index is 0.760. The van der Waals surface area contributed by atoms with Crippen molar-refractivity contribution in [3.05, 3.63) is 35.9 Å². The van der Waals surface area contributed by atoms with Gasteiger partial charge in [-0.2, -0.15) is 0 Å². The summed E-state index contributed by atoms with van der Waals surface area (Å²) in [6.07, 6.45) is 21.3. The Hall–Kier alpha value is -0.820. The molecule has 1 aromatic rings.